The SMILES string of the molecule is Cc1ccc(C(O)CNC(C)c2ccccc2Cl)cc1. The van der Waals surface area contributed by atoms with Gasteiger partial charge in [0, 0.05) is 17.6 Å². The van der Waals surface area contributed by atoms with E-state index in [1.807, 2.05) is 62.4 Å². The van der Waals surface area contributed by atoms with Gasteiger partial charge in [0.1, 0.15) is 0 Å². The molecule has 2 unspecified atom stereocenters. The molecule has 2 atom stereocenters. The van der Waals surface area contributed by atoms with Crippen molar-refractivity contribution in [2.45, 2.75) is 26.0 Å². The van der Waals surface area contributed by atoms with Crippen LogP contribution in [0.1, 0.15) is 35.8 Å². The first-order valence-electron chi connectivity index (χ1n) is 6.80. The van der Waals surface area contributed by atoms with Gasteiger partial charge in [-0.1, -0.05) is 59.6 Å². The molecule has 0 heterocycles. The molecule has 2 nitrogen and oxygen atoms in total. The van der Waals surface area contributed by atoms with E-state index in [9.17, 15) is 5.11 Å². The van der Waals surface area contributed by atoms with E-state index in [1.54, 1.807) is 0 Å². The van der Waals surface area contributed by atoms with E-state index < -0.39 is 6.10 Å². The fraction of sp³-hybridized carbons (Fsp3) is 0.294. The molecule has 0 amide bonds. The smallest absolute Gasteiger partial charge is 0.0914 e. The quantitative estimate of drug-likeness (QED) is 0.871. The molecule has 2 rings (SSSR count). The molecule has 20 heavy (non-hydrogen) atoms. The summed E-state index contributed by atoms with van der Waals surface area (Å²) >= 11 is 6.17. The van der Waals surface area contributed by atoms with E-state index in [-0.39, 0.29) is 6.04 Å². The Kier molecular flexibility index (Phi) is 5.18. The van der Waals surface area contributed by atoms with Crippen molar-refractivity contribution >= 4 is 11.6 Å². The molecule has 0 saturated carbocycles. The molecule has 3 heteroatoms. The van der Waals surface area contributed by atoms with Gasteiger partial charge in [0.15, 0.2) is 0 Å². The average molecular weight is 290 g/mol. The molecule has 0 aromatic heterocycles. The van der Waals surface area contributed by atoms with Gasteiger partial charge in [-0.25, -0.2) is 0 Å². The van der Waals surface area contributed by atoms with Crippen LogP contribution in [0.2, 0.25) is 5.02 Å². The van der Waals surface area contributed by atoms with Crippen molar-refractivity contribution in [3.63, 3.8) is 0 Å². The highest BCUT2D eigenvalue weighted by Gasteiger charge is 2.12. The Morgan fingerprint density at radius 1 is 1.10 bits per heavy atom. The van der Waals surface area contributed by atoms with Gasteiger partial charge in [-0.05, 0) is 31.0 Å². The lowest BCUT2D eigenvalue weighted by molar-refractivity contribution is 0.171. The summed E-state index contributed by atoms with van der Waals surface area (Å²) in [5, 5.41) is 14.2. The fourth-order valence-corrected chi connectivity index (χ4v) is 2.43. The largest absolute Gasteiger partial charge is 0.387 e. The Hall–Kier alpha value is -1.35. The van der Waals surface area contributed by atoms with Crippen molar-refractivity contribution in [1.29, 1.82) is 0 Å². The maximum atomic E-state index is 10.2. The summed E-state index contributed by atoms with van der Waals surface area (Å²) in [7, 11) is 0. The van der Waals surface area contributed by atoms with Crippen molar-refractivity contribution in [1.82, 2.24) is 5.32 Å². The van der Waals surface area contributed by atoms with Crippen LogP contribution in [0, 0.1) is 6.92 Å². The summed E-state index contributed by atoms with van der Waals surface area (Å²) in [5.41, 5.74) is 3.16. The van der Waals surface area contributed by atoms with Gasteiger partial charge in [-0.15, -0.1) is 0 Å². The van der Waals surface area contributed by atoms with E-state index in [2.05, 4.69) is 5.32 Å². The summed E-state index contributed by atoms with van der Waals surface area (Å²) < 4.78 is 0. The Labute approximate surface area is 125 Å². The molecule has 2 aromatic carbocycles. The minimum atomic E-state index is -0.513. The maximum Gasteiger partial charge on any atom is 0.0914 e. The van der Waals surface area contributed by atoms with E-state index in [0.717, 1.165) is 16.1 Å². The minimum absolute atomic E-state index is 0.101. The molecule has 106 valence electrons. The summed E-state index contributed by atoms with van der Waals surface area (Å²) in [5.74, 6) is 0. The lowest BCUT2D eigenvalue weighted by Crippen LogP contribution is -2.24. The van der Waals surface area contributed by atoms with E-state index in [4.69, 9.17) is 11.6 Å². The van der Waals surface area contributed by atoms with Crippen LogP contribution in [0.3, 0.4) is 0 Å². The highest BCUT2D eigenvalue weighted by molar-refractivity contribution is 6.31. The summed E-state index contributed by atoms with van der Waals surface area (Å²) in [6.07, 6.45) is -0.513. The zero-order valence-electron chi connectivity index (χ0n) is 11.8. The molecular formula is C17H20ClNO. The van der Waals surface area contributed by atoms with Crippen LogP contribution < -0.4 is 5.32 Å². The molecule has 2 aromatic rings. The van der Waals surface area contributed by atoms with Crippen LogP contribution in [0.4, 0.5) is 0 Å². The molecule has 0 aliphatic carbocycles. The van der Waals surface area contributed by atoms with Gasteiger partial charge in [-0.2, -0.15) is 0 Å². The monoisotopic (exact) mass is 289 g/mol. The molecule has 0 bridgehead atoms. The third kappa shape index (κ3) is 3.83. The van der Waals surface area contributed by atoms with Crippen LogP contribution in [-0.2, 0) is 0 Å². The normalized spacial score (nSPS) is 14.0. The second kappa shape index (κ2) is 6.89. The molecular weight excluding hydrogens is 270 g/mol. The summed E-state index contributed by atoms with van der Waals surface area (Å²) in [6, 6.07) is 15.8. The molecule has 2 N–H and O–H groups in total. The van der Waals surface area contributed by atoms with E-state index >= 15 is 0 Å². The first-order chi connectivity index (χ1) is 9.58. The number of halogens is 1. The minimum Gasteiger partial charge on any atom is -0.387 e. The van der Waals surface area contributed by atoms with Gasteiger partial charge < -0.3 is 10.4 Å². The Balaban J connectivity index is 1.95. The van der Waals surface area contributed by atoms with Crippen LogP contribution >= 0.6 is 11.6 Å². The first kappa shape index (κ1) is 15.0. The highest BCUT2D eigenvalue weighted by Crippen LogP contribution is 2.22. The lowest BCUT2D eigenvalue weighted by atomic mass is 10.1. The fourth-order valence-electron chi connectivity index (χ4n) is 2.13. The topological polar surface area (TPSA) is 32.3 Å². The van der Waals surface area contributed by atoms with Crippen molar-refractivity contribution in [2.75, 3.05) is 6.54 Å². The Morgan fingerprint density at radius 3 is 2.40 bits per heavy atom. The third-order valence-corrected chi connectivity index (χ3v) is 3.80. The van der Waals surface area contributed by atoms with Gasteiger partial charge in [0.2, 0.25) is 0 Å². The second-order valence-electron chi connectivity index (χ2n) is 5.08. The zero-order valence-corrected chi connectivity index (χ0v) is 12.6. The number of benzene rings is 2. The average Bonchev–Trinajstić information content (AvgIpc) is 2.45. The Bertz CT molecular complexity index is 553. The zero-order chi connectivity index (χ0) is 14.5. The molecule has 0 aliphatic heterocycles. The van der Waals surface area contributed by atoms with Crippen molar-refractivity contribution < 1.29 is 5.11 Å². The second-order valence-corrected chi connectivity index (χ2v) is 5.49. The van der Waals surface area contributed by atoms with Crippen LogP contribution in [-0.4, -0.2) is 11.7 Å². The van der Waals surface area contributed by atoms with Crippen LogP contribution in [0.5, 0.6) is 0 Å². The van der Waals surface area contributed by atoms with Gasteiger partial charge in [0.05, 0.1) is 6.10 Å². The van der Waals surface area contributed by atoms with E-state index in [0.29, 0.717) is 6.54 Å². The van der Waals surface area contributed by atoms with Gasteiger partial charge >= 0.3 is 0 Å². The highest BCUT2D eigenvalue weighted by atomic mass is 35.5. The van der Waals surface area contributed by atoms with Gasteiger partial charge in [-0.3, -0.25) is 0 Å². The number of aryl methyl sites for hydroxylation is 1. The van der Waals surface area contributed by atoms with Crippen LogP contribution in [0.15, 0.2) is 48.5 Å². The number of aliphatic hydroxyl groups excluding tert-OH is 1. The molecule has 0 spiro atoms. The predicted molar refractivity (Wildman–Crippen MR) is 84.0 cm³/mol. The number of hydrogen-bond donors (Lipinski definition) is 2. The Morgan fingerprint density at radius 2 is 1.75 bits per heavy atom. The van der Waals surface area contributed by atoms with Crippen molar-refractivity contribution in [3.8, 4) is 0 Å². The number of rotatable bonds is 5. The van der Waals surface area contributed by atoms with Gasteiger partial charge in [0.25, 0.3) is 0 Å². The lowest BCUT2D eigenvalue weighted by Gasteiger charge is -2.18. The molecule has 0 aliphatic rings. The summed E-state index contributed by atoms with van der Waals surface area (Å²) in [4.78, 5) is 0. The maximum absolute atomic E-state index is 10.2. The van der Waals surface area contributed by atoms with Crippen LogP contribution in [0.25, 0.3) is 0 Å². The number of hydrogen-bond acceptors (Lipinski definition) is 2. The first-order valence-corrected chi connectivity index (χ1v) is 7.18. The van der Waals surface area contributed by atoms with E-state index in [1.165, 1.54) is 5.56 Å². The standard InChI is InChI=1S/C17H20ClNO/c1-12-7-9-14(10-8-12)17(20)11-19-13(2)15-5-3-4-6-16(15)18/h3-10,13,17,19-20H,11H2,1-2H3. The summed E-state index contributed by atoms with van der Waals surface area (Å²) in [6.45, 7) is 4.58. The molecule has 0 radical (unpaired) electrons. The van der Waals surface area contributed by atoms with Crippen molar-refractivity contribution in [2.24, 2.45) is 0 Å². The number of aliphatic hydroxyl groups is 1. The predicted octanol–water partition coefficient (Wildman–Crippen LogP) is 4.03. The number of nitrogens with one attached hydrogen (secondary N) is 1. The molecule has 0 saturated heterocycles. The molecule has 0 fully saturated rings. The third-order valence-electron chi connectivity index (χ3n) is 3.45. The van der Waals surface area contributed by atoms with Crippen molar-refractivity contribution in [3.05, 3.63) is 70.2 Å².